The first kappa shape index (κ1) is 31.8. The molecule has 3 amide bonds. The maximum atomic E-state index is 13.5. The van der Waals surface area contributed by atoms with Gasteiger partial charge in [-0.05, 0) is 30.2 Å². The second-order valence-electron chi connectivity index (χ2n) is 12.6. The number of fused-ring (bicyclic) bond motifs is 1. The van der Waals surface area contributed by atoms with Gasteiger partial charge in [0.1, 0.15) is 17.3 Å². The summed E-state index contributed by atoms with van der Waals surface area (Å²) in [5.41, 5.74) is 3.64. The average Bonchev–Trinajstić information content (AvgIpc) is 3.02. The zero-order valence-corrected chi connectivity index (χ0v) is 27.3. The molecule has 0 aliphatic carbocycles. The van der Waals surface area contributed by atoms with Gasteiger partial charge in [-0.3, -0.25) is 14.6 Å². The predicted octanol–water partition coefficient (Wildman–Crippen LogP) is 5.33. The molecule has 0 radical (unpaired) electrons. The third-order valence-electron chi connectivity index (χ3n) is 8.05. The molecule has 12 heteroatoms. The molecule has 0 saturated carbocycles. The van der Waals surface area contributed by atoms with Crippen LogP contribution < -0.4 is 34.8 Å². The topological polar surface area (TPSA) is 115 Å². The predicted molar refractivity (Wildman–Crippen MR) is 178 cm³/mol. The zero-order chi connectivity index (χ0) is 32.3. The first-order chi connectivity index (χ1) is 21.5. The minimum absolute atomic E-state index is 0.0653. The van der Waals surface area contributed by atoms with Gasteiger partial charge in [0.15, 0.2) is 0 Å². The Hall–Kier alpha value is -4.58. The smallest absolute Gasteiger partial charge is 0.330 e. The Kier molecular flexibility index (Phi) is 9.33. The summed E-state index contributed by atoms with van der Waals surface area (Å²) in [6, 6.07) is 11.1. The normalized spacial score (nSPS) is 15.5. The standard InChI is InChI=1S/C33H44N8O4/c1-8-39-11-13-40(14-12-39)23-9-10-27(28(17-23)35-29(42)19-33(2,3)4)36-31-34-20-22-21-41(32(43)38(5)30(22)37-31)24-15-25(44-6)18-26(16-24)45-7/h9-10,15-18,20H,8,11-14,19,21H2,1-7H3,(H,35,42)(H,34,36,37). The first-order valence-corrected chi connectivity index (χ1v) is 15.3. The minimum atomic E-state index is -0.245. The monoisotopic (exact) mass is 616 g/mol. The molecule has 2 N–H and O–H groups in total. The van der Waals surface area contributed by atoms with Crippen LogP contribution in [0.15, 0.2) is 42.6 Å². The second-order valence-corrected chi connectivity index (χ2v) is 12.6. The summed E-state index contributed by atoms with van der Waals surface area (Å²) in [6.07, 6.45) is 2.10. The van der Waals surface area contributed by atoms with Gasteiger partial charge in [0.05, 0.1) is 37.8 Å². The summed E-state index contributed by atoms with van der Waals surface area (Å²) >= 11 is 0. The Morgan fingerprint density at radius 1 is 0.956 bits per heavy atom. The van der Waals surface area contributed by atoms with E-state index in [0.29, 0.717) is 46.7 Å². The van der Waals surface area contributed by atoms with Crippen molar-refractivity contribution in [2.45, 2.75) is 40.7 Å². The van der Waals surface area contributed by atoms with Crippen LogP contribution in [-0.4, -0.2) is 80.8 Å². The SMILES string of the molecule is CCN1CCN(c2ccc(Nc3ncc4c(n3)N(C)C(=O)N(c3cc(OC)cc(OC)c3)C4)c(NC(=O)CC(C)(C)C)c2)CC1. The lowest BCUT2D eigenvalue weighted by Gasteiger charge is -2.36. The van der Waals surface area contributed by atoms with Crippen LogP contribution in [-0.2, 0) is 11.3 Å². The number of methoxy groups -OCH3 is 2. The molecule has 2 aromatic carbocycles. The summed E-state index contributed by atoms with van der Waals surface area (Å²) in [5, 5.41) is 6.42. The van der Waals surface area contributed by atoms with Gasteiger partial charge in [0.2, 0.25) is 11.9 Å². The van der Waals surface area contributed by atoms with E-state index in [1.165, 1.54) is 4.90 Å². The van der Waals surface area contributed by atoms with Crippen molar-refractivity contribution in [3.63, 3.8) is 0 Å². The molecular weight excluding hydrogens is 572 g/mol. The van der Waals surface area contributed by atoms with Gasteiger partial charge in [-0.15, -0.1) is 0 Å². The highest BCUT2D eigenvalue weighted by molar-refractivity contribution is 6.05. The van der Waals surface area contributed by atoms with E-state index in [0.717, 1.165) is 44.0 Å². The van der Waals surface area contributed by atoms with Crippen molar-refractivity contribution in [1.82, 2.24) is 14.9 Å². The fraction of sp³-hybridized carbons (Fsp3) is 0.455. The number of hydrogen-bond donors (Lipinski definition) is 2. The van der Waals surface area contributed by atoms with Gasteiger partial charge < -0.3 is 29.9 Å². The number of nitrogens with zero attached hydrogens (tertiary/aromatic N) is 6. The molecule has 0 bridgehead atoms. The highest BCUT2D eigenvalue weighted by Gasteiger charge is 2.31. The summed E-state index contributed by atoms with van der Waals surface area (Å²) in [4.78, 5) is 43.8. The zero-order valence-electron chi connectivity index (χ0n) is 27.3. The molecule has 3 aromatic rings. The first-order valence-electron chi connectivity index (χ1n) is 15.3. The number of urea groups is 1. The molecule has 12 nitrogen and oxygen atoms in total. The van der Waals surface area contributed by atoms with E-state index in [-0.39, 0.29) is 23.9 Å². The lowest BCUT2D eigenvalue weighted by molar-refractivity contribution is -0.117. The molecular formula is C33H44N8O4. The molecule has 45 heavy (non-hydrogen) atoms. The molecule has 2 aliphatic rings. The number of carbonyl (C=O) groups excluding carboxylic acids is 2. The Morgan fingerprint density at radius 2 is 1.64 bits per heavy atom. The number of benzene rings is 2. The van der Waals surface area contributed by atoms with Crippen LogP contribution in [0.1, 0.15) is 39.7 Å². The fourth-order valence-corrected chi connectivity index (χ4v) is 5.58. The van der Waals surface area contributed by atoms with Crippen LogP contribution in [0.4, 0.5) is 39.3 Å². The van der Waals surface area contributed by atoms with Crippen molar-refractivity contribution >= 4 is 46.5 Å². The molecule has 0 spiro atoms. The van der Waals surface area contributed by atoms with E-state index in [4.69, 9.17) is 14.5 Å². The molecule has 240 valence electrons. The fourth-order valence-electron chi connectivity index (χ4n) is 5.58. The second kappa shape index (κ2) is 13.2. The van der Waals surface area contributed by atoms with E-state index in [1.54, 1.807) is 50.6 Å². The van der Waals surface area contributed by atoms with Crippen LogP contribution in [0.2, 0.25) is 0 Å². The summed E-state index contributed by atoms with van der Waals surface area (Å²) < 4.78 is 10.8. The number of amides is 3. The van der Waals surface area contributed by atoms with Crippen molar-refractivity contribution in [3.8, 4) is 11.5 Å². The van der Waals surface area contributed by atoms with E-state index >= 15 is 0 Å². The molecule has 0 atom stereocenters. The van der Waals surface area contributed by atoms with Crippen molar-refractivity contribution in [2.75, 3.05) is 79.3 Å². The van der Waals surface area contributed by atoms with E-state index in [2.05, 4.69) is 38.4 Å². The van der Waals surface area contributed by atoms with Gasteiger partial charge in [0, 0.05) is 75.3 Å². The van der Waals surface area contributed by atoms with Crippen molar-refractivity contribution in [1.29, 1.82) is 0 Å². The van der Waals surface area contributed by atoms with Crippen molar-refractivity contribution in [2.24, 2.45) is 5.41 Å². The maximum Gasteiger partial charge on any atom is 0.330 e. The highest BCUT2D eigenvalue weighted by Crippen LogP contribution is 2.36. The van der Waals surface area contributed by atoms with Crippen LogP contribution in [0.3, 0.4) is 0 Å². The van der Waals surface area contributed by atoms with Crippen molar-refractivity contribution in [3.05, 3.63) is 48.2 Å². The number of anilines is 6. The van der Waals surface area contributed by atoms with Gasteiger partial charge in [-0.25, -0.2) is 9.78 Å². The summed E-state index contributed by atoms with van der Waals surface area (Å²) in [6.45, 7) is 13.5. The number of hydrogen-bond acceptors (Lipinski definition) is 9. The average molecular weight is 617 g/mol. The van der Waals surface area contributed by atoms with Crippen LogP contribution in [0, 0.1) is 5.41 Å². The Morgan fingerprint density at radius 3 is 2.27 bits per heavy atom. The Bertz CT molecular complexity index is 1530. The van der Waals surface area contributed by atoms with Crippen molar-refractivity contribution < 1.29 is 19.1 Å². The number of likely N-dealkylation sites (N-methyl/N-ethyl adjacent to an activating group) is 1. The van der Waals surface area contributed by atoms with E-state index in [9.17, 15) is 9.59 Å². The maximum absolute atomic E-state index is 13.5. The molecule has 2 aliphatic heterocycles. The minimum Gasteiger partial charge on any atom is -0.497 e. The molecule has 1 fully saturated rings. The van der Waals surface area contributed by atoms with E-state index in [1.807, 2.05) is 32.9 Å². The van der Waals surface area contributed by atoms with Gasteiger partial charge in [-0.2, -0.15) is 4.98 Å². The number of carbonyl (C=O) groups is 2. The van der Waals surface area contributed by atoms with Gasteiger partial charge in [0.25, 0.3) is 0 Å². The molecule has 0 unspecified atom stereocenters. The number of aromatic nitrogens is 2. The van der Waals surface area contributed by atoms with E-state index < -0.39 is 0 Å². The van der Waals surface area contributed by atoms with Gasteiger partial charge in [-0.1, -0.05) is 27.7 Å². The Labute approximate surface area is 265 Å². The molecule has 3 heterocycles. The third-order valence-corrected chi connectivity index (χ3v) is 8.05. The van der Waals surface area contributed by atoms with Crippen LogP contribution in [0.5, 0.6) is 11.5 Å². The summed E-state index contributed by atoms with van der Waals surface area (Å²) in [5.74, 6) is 1.93. The lowest BCUT2D eigenvalue weighted by Crippen LogP contribution is -2.46. The highest BCUT2D eigenvalue weighted by atomic mass is 16.5. The number of rotatable bonds is 9. The molecule has 1 aromatic heterocycles. The van der Waals surface area contributed by atoms with Gasteiger partial charge >= 0.3 is 6.03 Å². The van der Waals surface area contributed by atoms with Crippen LogP contribution >= 0.6 is 0 Å². The Balaban J connectivity index is 1.41. The molecule has 5 rings (SSSR count). The number of ether oxygens (including phenoxy) is 2. The molecule has 1 saturated heterocycles. The van der Waals surface area contributed by atoms with Crippen LogP contribution in [0.25, 0.3) is 0 Å². The number of nitrogens with one attached hydrogen (secondary N) is 2. The third kappa shape index (κ3) is 7.39. The number of piperazine rings is 1. The summed E-state index contributed by atoms with van der Waals surface area (Å²) in [7, 11) is 4.83. The largest absolute Gasteiger partial charge is 0.497 e. The quantitative estimate of drug-likeness (QED) is 0.329. The lowest BCUT2D eigenvalue weighted by atomic mass is 9.92.